The van der Waals surface area contributed by atoms with Crippen molar-refractivity contribution in [3.05, 3.63) is 0 Å². The van der Waals surface area contributed by atoms with E-state index in [0.717, 1.165) is 38.5 Å². The maximum Gasteiger partial charge on any atom is 0.306 e. The molecular formula is C41H78O12S. The Labute approximate surface area is 327 Å². The minimum atomic E-state index is -4.59. The molecule has 0 aromatic carbocycles. The highest BCUT2D eigenvalue weighted by Gasteiger charge is 2.46. The summed E-state index contributed by atoms with van der Waals surface area (Å²) < 4.78 is 53.9. The number of carbonyl (C=O) groups excluding carboxylic acids is 2. The second kappa shape index (κ2) is 32.7. The van der Waals surface area contributed by atoms with Crippen LogP contribution in [0.2, 0.25) is 0 Å². The van der Waals surface area contributed by atoms with Crippen LogP contribution in [0.1, 0.15) is 194 Å². The van der Waals surface area contributed by atoms with Gasteiger partial charge < -0.3 is 34.3 Å². The highest BCUT2D eigenvalue weighted by atomic mass is 32.2. The van der Waals surface area contributed by atoms with Gasteiger partial charge in [-0.1, -0.05) is 168 Å². The Hall–Kier alpha value is -1.35. The van der Waals surface area contributed by atoms with Gasteiger partial charge in [-0.25, -0.2) is 0 Å². The molecule has 0 aromatic rings. The zero-order valence-electron chi connectivity index (χ0n) is 33.8. The number of hydrogen-bond acceptors (Lipinski definition) is 11. The van der Waals surface area contributed by atoms with E-state index in [4.69, 9.17) is 18.9 Å². The molecule has 0 spiro atoms. The van der Waals surface area contributed by atoms with Crippen LogP contribution in [-0.4, -0.2) is 96.0 Å². The summed E-state index contributed by atoms with van der Waals surface area (Å²) >= 11 is 0. The lowest BCUT2D eigenvalue weighted by molar-refractivity contribution is -0.297. The van der Waals surface area contributed by atoms with Crippen molar-refractivity contribution in [1.29, 1.82) is 0 Å². The normalized spacial score (nSPS) is 20.9. The Morgan fingerprint density at radius 2 is 0.944 bits per heavy atom. The molecule has 1 heterocycles. The van der Waals surface area contributed by atoms with E-state index in [1.54, 1.807) is 0 Å². The lowest BCUT2D eigenvalue weighted by Gasteiger charge is -2.40. The zero-order chi connectivity index (χ0) is 39.9. The van der Waals surface area contributed by atoms with Crippen molar-refractivity contribution in [1.82, 2.24) is 0 Å². The van der Waals surface area contributed by atoms with E-state index in [1.165, 1.54) is 116 Å². The molecule has 4 N–H and O–H groups in total. The van der Waals surface area contributed by atoms with Gasteiger partial charge in [0, 0.05) is 12.8 Å². The molecule has 1 aliphatic heterocycles. The molecule has 0 saturated carbocycles. The largest absolute Gasteiger partial charge is 0.462 e. The fourth-order valence-corrected chi connectivity index (χ4v) is 7.49. The summed E-state index contributed by atoms with van der Waals surface area (Å²) in [6.45, 7) is 3.76. The van der Waals surface area contributed by atoms with Crippen LogP contribution in [0.25, 0.3) is 0 Å². The Kier molecular flexibility index (Phi) is 30.7. The first-order valence-corrected chi connectivity index (χ1v) is 23.2. The van der Waals surface area contributed by atoms with E-state index in [2.05, 4.69) is 13.8 Å². The maximum atomic E-state index is 12.8. The van der Waals surface area contributed by atoms with Crippen LogP contribution in [0.5, 0.6) is 0 Å². The van der Waals surface area contributed by atoms with Crippen LogP contribution < -0.4 is 0 Å². The van der Waals surface area contributed by atoms with Gasteiger partial charge in [0.1, 0.15) is 36.8 Å². The number of rotatable bonds is 36. The smallest absolute Gasteiger partial charge is 0.306 e. The van der Waals surface area contributed by atoms with Crippen LogP contribution in [0.15, 0.2) is 0 Å². The number of ether oxygens (including phenoxy) is 4. The minimum absolute atomic E-state index is 0.172. The maximum absolute atomic E-state index is 12.8. The van der Waals surface area contributed by atoms with E-state index < -0.39 is 71.2 Å². The summed E-state index contributed by atoms with van der Waals surface area (Å²) in [5, 5.41) is 30.8. The molecule has 1 saturated heterocycles. The third-order valence-electron chi connectivity index (χ3n) is 10.2. The number of unbranched alkanes of at least 4 members (excludes halogenated alkanes) is 24. The van der Waals surface area contributed by atoms with Crippen LogP contribution in [0.3, 0.4) is 0 Å². The first kappa shape index (κ1) is 50.7. The Morgan fingerprint density at radius 3 is 1.35 bits per heavy atom. The molecule has 0 radical (unpaired) electrons. The Bertz CT molecular complexity index is 1030. The summed E-state index contributed by atoms with van der Waals surface area (Å²) in [5.41, 5.74) is 0. The highest BCUT2D eigenvalue weighted by Crippen LogP contribution is 2.24. The number of aliphatic hydroxyl groups is 3. The first-order valence-electron chi connectivity index (χ1n) is 21.6. The molecule has 0 bridgehead atoms. The van der Waals surface area contributed by atoms with Crippen LogP contribution >= 0.6 is 0 Å². The van der Waals surface area contributed by atoms with Gasteiger partial charge in [0.05, 0.1) is 6.61 Å². The fraction of sp³-hybridized carbons (Fsp3) is 0.951. The molecule has 1 unspecified atom stereocenters. The Morgan fingerprint density at radius 1 is 0.556 bits per heavy atom. The molecule has 6 atom stereocenters. The van der Waals surface area contributed by atoms with Crippen molar-refractivity contribution in [2.24, 2.45) is 0 Å². The molecule has 1 rings (SSSR count). The predicted octanol–water partition coefficient (Wildman–Crippen LogP) is 8.12. The van der Waals surface area contributed by atoms with Gasteiger partial charge in [-0.05, 0) is 12.8 Å². The number of hydrogen-bond donors (Lipinski definition) is 4. The number of aliphatic hydroxyl groups excluding tert-OH is 3. The molecule has 13 heteroatoms. The zero-order valence-corrected chi connectivity index (χ0v) is 34.7. The van der Waals surface area contributed by atoms with Crippen LogP contribution in [0.4, 0.5) is 0 Å². The van der Waals surface area contributed by atoms with Crippen molar-refractivity contribution in [3.8, 4) is 0 Å². The van der Waals surface area contributed by atoms with Crippen molar-refractivity contribution in [2.45, 2.75) is 230 Å². The van der Waals surface area contributed by atoms with Gasteiger partial charge >= 0.3 is 11.9 Å². The van der Waals surface area contributed by atoms with Gasteiger partial charge in [0.25, 0.3) is 10.1 Å². The van der Waals surface area contributed by atoms with E-state index in [1.807, 2.05) is 0 Å². The summed E-state index contributed by atoms with van der Waals surface area (Å²) in [6.07, 6.45) is 21.5. The van der Waals surface area contributed by atoms with Crippen LogP contribution in [0, 0.1) is 0 Å². The first-order chi connectivity index (χ1) is 26.0. The van der Waals surface area contributed by atoms with E-state index in [0.29, 0.717) is 12.8 Å². The van der Waals surface area contributed by atoms with E-state index >= 15 is 0 Å². The van der Waals surface area contributed by atoms with E-state index in [9.17, 15) is 37.9 Å². The topological polar surface area (TPSA) is 186 Å². The monoisotopic (exact) mass is 795 g/mol. The molecule has 1 fully saturated rings. The molecule has 0 aliphatic carbocycles. The van der Waals surface area contributed by atoms with Gasteiger partial charge in [-0.15, -0.1) is 0 Å². The third-order valence-corrected chi connectivity index (χ3v) is 10.9. The molecule has 320 valence electrons. The van der Waals surface area contributed by atoms with Crippen molar-refractivity contribution in [2.75, 3.05) is 19.0 Å². The lowest BCUT2D eigenvalue weighted by Crippen LogP contribution is -2.60. The van der Waals surface area contributed by atoms with Crippen LogP contribution in [-0.2, 0) is 38.7 Å². The van der Waals surface area contributed by atoms with Gasteiger partial charge in [-0.2, -0.15) is 8.42 Å². The van der Waals surface area contributed by atoms with Crippen molar-refractivity contribution in [3.63, 3.8) is 0 Å². The molecule has 54 heavy (non-hydrogen) atoms. The summed E-state index contributed by atoms with van der Waals surface area (Å²) in [4.78, 5) is 25.3. The third kappa shape index (κ3) is 27.3. The molecule has 0 aromatic heterocycles. The van der Waals surface area contributed by atoms with Crippen molar-refractivity contribution < 1.29 is 56.8 Å². The quantitative estimate of drug-likeness (QED) is 0.0272. The molecule has 12 nitrogen and oxygen atoms in total. The average molecular weight is 795 g/mol. The Balaban J connectivity index is 2.46. The summed E-state index contributed by atoms with van der Waals surface area (Å²) in [5.74, 6) is -1.97. The standard InChI is InChI=1S/C41H78O12S/c1-3-5-7-9-11-13-15-17-19-21-23-25-27-29-36(42)50-31-34(32-51-41-40(46)39(45)38(44)35(53-41)33-54(47,48)49)52-37(43)30-28-26-24-22-20-18-16-14-12-10-8-6-4-2/h34-35,38-41,44-46H,3-33H2,1-2H3,(H,47,48,49)/t34-,35-,38-,39+,40-,41?/m1/s1. The van der Waals surface area contributed by atoms with Gasteiger partial charge in [0.15, 0.2) is 12.4 Å². The molecule has 1 aliphatic rings. The van der Waals surface area contributed by atoms with Crippen molar-refractivity contribution >= 4 is 22.1 Å². The second-order valence-electron chi connectivity index (χ2n) is 15.4. The van der Waals surface area contributed by atoms with Gasteiger partial charge in [0.2, 0.25) is 0 Å². The summed E-state index contributed by atoms with van der Waals surface area (Å²) in [7, 11) is -4.59. The fourth-order valence-electron chi connectivity index (χ4n) is 6.79. The minimum Gasteiger partial charge on any atom is -0.462 e. The van der Waals surface area contributed by atoms with Gasteiger partial charge in [-0.3, -0.25) is 14.1 Å². The predicted molar refractivity (Wildman–Crippen MR) is 211 cm³/mol. The molecule has 0 amide bonds. The lowest BCUT2D eigenvalue weighted by atomic mass is 10.00. The number of esters is 2. The second-order valence-corrected chi connectivity index (χ2v) is 16.9. The highest BCUT2D eigenvalue weighted by molar-refractivity contribution is 7.85. The average Bonchev–Trinajstić information content (AvgIpc) is 3.13. The SMILES string of the molecule is CCCCCCCCCCCCCCCC(=O)OC[C@H](COC1O[C@H](CS(=O)(=O)O)[C@@H](O)[C@H](O)[C@H]1O)OC(=O)CCCCCCCCCCCCCCC. The summed E-state index contributed by atoms with van der Waals surface area (Å²) in [6, 6.07) is 0. The molecular weight excluding hydrogens is 717 g/mol. The van der Waals surface area contributed by atoms with E-state index in [-0.39, 0.29) is 19.4 Å². The number of carbonyl (C=O) groups is 2.